The van der Waals surface area contributed by atoms with E-state index < -0.39 is 0 Å². The number of carbonyl (C=O) groups excluding carboxylic acids is 1. The van der Waals surface area contributed by atoms with E-state index in [1.165, 1.54) is 0 Å². The van der Waals surface area contributed by atoms with Crippen LogP contribution in [-0.4, -0.2) is 31.7 Å². The standard InChI is InChI=1S/C10H22N2O2/c1-4-10(11,5-2)8-14-7-6-9(13)12-3/h4-8,11H2,1-3H3,(H,12,13). The van der Waals surface area contributed by atoms with E-state index in [9.17, 15) is 4.79 Å². The summed E-state index contributed by atoms with van der Waals surface area (Å²) in [6.45, 7) is 5.06. The monoisotopic (exact) mass is 202 g/mol. The molecule has 0 bridgehead atoms. The van der Waals surface area contributed by atoms with Gasteiger partial charge in [-0.1, -0.05) is 13.8 Å². The molecule has 0 atom stereocenters. The lowest BCUT2D eigenvalue weighted by Gasteiger charge is -2.26. The van der Waals surface area contributed by atoms with Crippen molar-refractivity contribution >= 4 is 5.91 Å². The molecule has 0 aromatic rings. The molecular formula is C10H22N2O2. The van der Waals surface area contributed by atoms with E-state index in [2.05, 4.69) is 5.32 Å². The highest BCUT2D eigenvalue weighted by Crippen LogP contribution is 2.11. The van der Waals surface area contributed by atoms with Gasteiger partial charge in [0.15, 0.2) is 0 Å². The maximum absolute atomic E-state index is 10.9. The molecule has 84 valence electrons. The highest BCUT2D eigenvalue weighted by Gasteiger charge is 2.20. The second-order valence-corrected chi connectivity index (χ2v) is 3.55. The zero-order chi connectivity index (χ0) is 11.0. The second kappa shape index (κ2) is 6.79. The summed E-state index contributed by atoms with van der Waals surface area (Å²) < 4.78 is 5.37. The number of hydrogen-bond donors (Lipinski definition) is 2. The average Bonchev–Trinajstić information content (AvgIpc) is 2.23. The largest absolute Gasteiger partial charge is 0.379 e. The van der Waals surface area contributed by atoms with Gasteiger partial charge in [-0.2, -0.15) is 0 Å². The summed E-state index contributed by atoms with van der Waals surface area (Å²) in [5, 5.41) is 2.54. The fourth-order valence-corrected chi connectivity index (χ4v) is 1.02. The smallest absolute Gasteiger partial charge is 0.222 e. The van der Waals surface area contributed by atoms with Crippen LogP contribution in [0.4, 0.5) is 0 Å². The Kier molecular flexibility index (Phi) is 6.49. The second-order valence-electron chi connectivity index (χ2n) is 3.55. The van der Waals surface area contributed by atoms with Crippen LogP contribution < -0.4 is 11.1 Å². The van der Waals surface area contributed by atoms with E-state index in [1.54, 1.807) is 7.05 Å². The van der Waals surface area contributed by atoms with Crippen molar-refractivity contribution < 1.29 is 9.53 Å². The average molecular weight is 202 g/mol. The summed E-state index contributed by atoms with van der Waals surface area (Å²) in [6.07, 6.45) is 2.19. The summed E-state index contributed by atoms with van der Waals surface area (Å²) >= 11 is 0. The van der Waals surface area contributed by atoms with Crippen LogP contribution in [0.25, 0.3) is 0 Å². The van der Waals surface area contributed by atoms with Gasteiger partial charge in [-0.05, 0) is 12.8 Å². The van der Waals surface area contributed by atoms with E-state index in [-0.39, 0.29) is 11.4 Å². The SMILES string of the molecule is CCC(N)(CC)COCCC(=O)NC. The predicted molar refractivity (Wildman–Crippen MR) is 57.0 cm³/mol. The van der Waals surface area contributed by atoms with Crippen molar-refractivity contribution in [2.24, 2.45) is 5.73 Å². The number of nitrogens with two attached hydrogens (primary N) is 1. The Morgan fingerprint density at radius 1 is 1.43 bits per heavy atom. The third-order valence-corrected chi connectivity index (χ3v) is 2.55. The molecule has 0 aliphatic heterocycles. The lowest BCUT2D eigenvalue weighted by molar-refractivity contribution is -0.121. The lowest BCUT2D eigenvalue weighted by atomic mass is 9.96. The molecule has 0 spiro atoms. The van der Waals surface area contributed by atoms with Crippen molar-refractivity contribution in [2.45, 2.75) is 38.6 Å². The van der Waals surface area contributed by atoms with Crippen LogP contribution >= 0.6 is 0 Å². The molecule has 0 saturated heterocycles. The molecule has 0 radical (unpaired) electrons. The molecule has 0 saturated carbocycles. The van der Waals surface area contributed by atoms with Crippen LogP contribution in [0.2, 0.25) is 0 Å². The van der Waals surface area contributed by atoms with Gasteiger partial charge in [0.25, 0.3) is 0 Å². The minimum atomic E-state index is -0.233. The van der Waals surface area contributed by atoms with Crippen molar-refractivity contribution in [1.29, 1.82) is 0 Å². The molecule has 0 heterocycles. The van der Waals surface area contributed by atoms with Gasteiger partial charge in [0.1, 0.15) is 0 Å². The van der Waals surface area contributed by atoms with Crippen LogP contribution in [0, 0.1) is 0 Å². The van der Waals surface area contributed by atoms with Crippen molar-refractivity contribution in [2.75, 3.05) is 20.3 Å². The van der Waals surface area contributed by atoms with Gasteiger partial charge in [-0.25, -0.2) is 0 Å². The maximum atomic E-state index is 10.9. The topological polar surface area (TPSA) is 64.3 Å². The number of ether oxygens (including phenoxy) is 1. The molecule has 0 aliphatic carbocycles. The summed E-state index contributed by atoms with van der Waals surface area (Å²) in [7, 11) is 1.62. The maximum Gasteiger partial charge on any atom is 0.222 e. The highest BCUT2D eigenvalue weighted by molar-refractivity contribution is 5.75. The van der Waals surface area contributed by atoms with E-state index >= 15 is 0 Å². The molecule has 0 fully saturated rings. The Bertz CT molecular complexity index is 168. The number of hydrogen-bond acceptors (Lipinski definition) is 3. The van der Waals surface area contributed by atoms with Crippen LogP contribution in [0.3, 0.4) is 0 Å². The van der Waals surface area contributed by atoms with Crippen LogP contribution in [-0.2, 0) is 9.53 Å². The van der Waals surface area contributed by atoms with Crippen LogP contribution in [0.1, 0.15) is 33.1 Å². The minimum Gasteiger partial charge on any atom is -0.379 e. The molecule has 0 aromatic heterocycles. The predicted octanol–water partition coefficient (Wildman–Crippen LogP) is 0.657. The van der Waals surface area contributed by atoms with Crippen molar-refractivity contribution in [1.82, 2.24) is 5.32 Å². The molecule has 0 aliphatic rings. The molecular weight excluding hydrogens is 180 g/mol. The summed E-state index contributed by atoms with van der Waals surface area (Å²) in [5.41, 5.74) is 5.79. The zero-order valence-electron chi connectivity index (χ0n) is 9.43. The fourth-order valence-electron chi connectivity index (χ4n) is 1.02. The van der Waals surface area contributed by atoms with Gasteiger partial charge in [-0.3, -0.25) is 4.79 Å². The first-order valence-corrected chi connectivity index (χ1v) is 5.15. The van der Waals surface area contributed by atoms with E-state index in [4.69, 9.17) is 10.5 Å². The Morgan fingerprint density at radius 2 is 2.00 bits per heavy atom. The van der Waals surface area contributed by atoms with Gasteiger partial charge in [0.2, 0.25) is 5.91 Å². The Morgan fingerprint density at radius 3 is 2.43 bits per heavy atom. The van der Waals surface area contributed by atoms with Crippen LogP contribution in [0.15, 0.2) is 0 Å². The molecule has 4 heteroatoms. The summed E-state index contributed by atoms with van der Waals surface area (Å²) in [5.74, 6) is 0.000573. The van der Waals surface area contributed by atoms with E-state index in [0.29, 0.717) is 19.6 Å². The molecule has 14 heavy (non-hydrogen) atoms. The quantitative estimate of drug-likeness (QED) is 0.596. The third kappa shape index (κ3) is 5.19. The third-order valence-electron chi connectivity index (χ3n) is 2.55. The molecule has 0 aromatic carbocycles. The van der Waals surface area contributed by atoms with E-state index in [0.717, 1.165) is 12.8 Å². The van der Waals surface area contributed by atoms with Gasteiger partial charge in [0, 0.05) is 19.0 Å². The Labute approximate surface area is 86.2 Å². The van der Waals surface area contributed by atoms with Gasteiger partial charge >= 0.3 is 0 Å². The normalized spacial score (nSPS) is 11.4. The first kappa shape index (κ1) is 13.4. The highest BCUT2D eigenvalue weighted by atomic mass is 16.5. The zero-order valence-corrected chi connectivity index (χ0v) is 9.43. The molecule has 0 rings (SSSR count). The van der Waals surface area contributed by atoms with Crippen molar-refractivity contribution in [3.8, 4) is 0 Å². The van der Waals surface area contributed by atoms with E-state index in [1.807, 2.05) is 13.8 Å². The number of carbonyl (C=O) groups is 1. The Balaban J connectivity index is 3.57. The fraction of sp³-hybridized carbons (Fsp3) is 0.900. The van der Waals surface area contributed by atoms with Gasteiger partial charge in [0.05, 0.1) is 13.2 Å². The number of rotatable bonds is 7. The Hall–Kier alpha value is -0.610. The molecule has 3 N–H and O–H groups in total. The molecule has 4 nitrogen and oxygen atoms in total. The van der Waals surface area contributed by atoms with Crippen LogP contribution in [0.5, 0.6) is 0 Å². The van der Waals surface area contributed by atoms with Crippen molar-refractivity contribution in [3.05, 3.63) is 0 Å². The first-order chi connectivity index (χ1) is 6.58. The molecule has 0 unspecified atom stereocenters. The molecule has 1 amide bonds. The van der Waals surface area contributed by atoms with Gasteiger partial charge in [-0.15, -0.1) is 0 Å². The van der Waals surface area contributed by atoms with Crippen molar-refractivity contribution in [3.63, 3.8) is 0 Å². The lowest BCUT2D eigenvalue weighted by Crippen LogP contribution is -2.43. The first-order valence-electron chi connectivity index (χ1n) is 5.15. The minimum absolute atomic E-state index is 0.000573. The number of nitrogens with one attached hydrogen (secondary N) is 1. The van der Waals surface area contributed by atoms with Gasteiger partial charge < -0.3 is 15.8 Å². The summed E-state index contributed by atoms with van der Waals surface area (Å²) in [4.78, 5) is 10.9. The number of amides is 1. The summed E-state index contributed by atoms with van der Waals surface area (Å²) in [6, 6.07) is 0.